The minimum Gasteiger partial charge on any atom is -0.478 e. The number of hydrogen-bond donors (Lipinski definition) is 2. The van der Waals surface area contributed by atoms with E-state index in [1.54, 1.807) is 38.1 Å². The molecule has 10 heteroatoms. The SMILES string of the molecule is COC(=O)c1cccc(NC(=O)[C@H](OC(=O)c2cccc(C)c2)[C@H](OC(=O)c2cccc(C)c2)C(=O)O)c1. The fourth-order valence-electron chi connectivity index (χ4n) is 3.46. The van der Waals surface area contributed by atoms with Crippen molar-refractivity contribution in [1.29, 1.82) is 0 Å². The number of aryl methyl sites for hydroxylation is 2. The van der Waals surface area contributed by atoms with E-state index in [4.69, 9.17) is 9.47 Å². The topological polar surface area (TPSA) is 145 Å². The first kappa shape index (κ1) is 27.6. The van der Waals surface area contributed by atoms with E-state index >= 15 is 0 Å². The first-order chi connectivity index (χ1) is 18.1. The number of methoxy groups -OCH3 is 1. The standard InChI is InChI=1S/C28H25NO9/c1-16-7-4-9-18(13-16)27(34)37-22(24(30)29-21-12-6-11-20(15-21)26(33)36-3)23(25(31)32)38-28(35)19-10-5-8-17(2)14-19/h4-15,22-23H,1-3H3,(H,29,30)(H,31,32)/t22-,23+/m1/s1. The van der Waals surface area contributed by atoms with Gasteiger partial charge in [0.05, 0.1) is 23.8 Å². The molecule has 0 spiro atoms. The summed E-state index contributed by atoms with van der Waals surface area (Å²) < 4.78 is 15.1. The Morgan fingerprint density at radius 1 is 0.684 bits per heavy atom. The predicted molar refractivity (Wildman–Crippen MR) is 135 cm³/mol. The first-order valence-corrected chi connectivity index (χ1v) is 11.4. The molecule has 0 heterocycles. The van der Waals surface area contributed by atoms with Crippen LogP contribution < -0.4 is 5.32 Å². The van der Waals surface area contributed by atoms with Crippen LogP contribution in [0.25, 0.3) is 0 Å². The van der Waals surface area contributed by atoms with E-state index in [0.717, 1.165) is 11.1 Å². The van der Waals surface area contributed by atoms with Crippen molar-refractivity contribution in [2.75, 3.05) is 12.4 Å². The third-order valence-electron chi connectivity index (χ3n) is 5.30. The molecule has 0 radical (unpaired) electrons. The van der Waals surface area contributed by atoms with Crippen LogP contribution in [-0.4, -0.2) is 54.2 Å². The molecule has 2 atom stereocenters. The number of carbonyl (C=O) groups is 5. The summed E-state index contributed by atoms with van der Waals surface area (Å²) in [6.45, 7) is 3.47. The third kappa shape index (κ3) is 7.03. The molecule has 38 heavy (non-hydrogen) atoms. The lowest BCUT2D eigenvalue weighted by Gasteiger charge is -2.23. The molecule has 0 saturated heterocycles. The van der Waals surface area contributed by atoms with Crippen LogP contribution in [0.5, 0.6) is 0 Å². The number of rotatable bonds is 9. The summed E-state index contributed by atoms with van der Waals surface area (Å²) in [6.07, 6.45) is -4.28. The van der Waals surface area contributed by atoms with Gasteiger partial charge < -0.3 is 24.6 Å². The van der Waals surface area contributed by atoms with Gasteiger partial charge in [-0.2, -0.15) is 0 Å². The second kappa shape index (κ2) is 12.3. The Bertz CT molecular complexity index is 1380. The zero-order valence-electron chi connectivity index (χ0n) is 20.8. The largest absolute Gasteiger partial charge is 0.478 e. The molecule has 0 bridgehead atoms. The second-order valence-electron chi connectivity index (χ2n) is 8.29. The van der Waals surface area contributed by atoms with Crippen LogP contribution in [-0.2, 0) is 23.8 Å². The maximum atomic E-state index is 13.3. The predicted octanol–water partition coefficient (Wildman–Crippen LogP) is 3.56. The summed E-state index contributed by atoms with van der Waals surface area (Å²) in [4.78, 5) is 62.9. The van der Waals surface area contributed by atoms with Crippen molar-refractivity contribution in [1.82, 2.24) is 0 Å². The lowest BCUT2D eigenvalue weighted by atomic mass is 10.1. The second-order valence-corrected chi connectivity index (χ2v) is 8.29. The van der Waals surface area contributed by atoms with Gasteiger partial charge in [-0.25, -0.2) is 19.2 Å². The molecular weight excluding hydrogens is 494 g/mol. The summed E-state index contributed by atoms with van der Waals surface area (Å²) in [7, 11) is 1.19. The molecule has 0 saturated carbocycles. The van der Waals surface area contributed by atoms with Crippen LogP contribution in [0.4, 0.5) is 5.69 Å². The first-order valence-electron chi connectivity index (χ1n) is 11.4. The zero-order valence-corrected chi connectivity index (χ0v) is 20.8. The van der Waals surface area contributed by atoms with E-state index in [2.05, 4.69) is 10.1 Å². The Kier molecular flexibility index (Phi) is 8.94. The van der Waals surface area contributed by atoms with Gasteiger partial charge in [0, 0.05) is 5.69 Å². The van der Waals surface area contributed by atoms with Gasteiger partial charge >= 0.3 is 23.9 Å². The highest BCUT2D eigenvalue weighted by Gasteiger charge is 2.41. The van der Waals surface area contributed by atoms with Gasteiger partial charge in [0.25, 0.3) is 5.91 Å². The number of amides is 1. The van der Waals surface area contributed by atoms with Gasteiger partial charge in [-0.3, -0.25) is 4.79 Å². The maximum Gasteiger partial charge on any atom is 0.349 e. The van der Waals surface area contributed by atoms with Gasteiger partial charge in [0.15, 0.2) is 0 Å². The zero-order chi connectivity index (χ0) is 27.8. The number of carbonyl (C=O) groups excluding carboxylic acids is 4. The molecule has 3 aromatic carbocycles. The summed E-state index contributed by atoms with van der Waals surface area (Å²) >= 11 is 0. The Labute approximate surface area is 218 Å². The number of nitrogens with one attached hydrogen (secondary N) is 1. The summed E-state index contributed by atoms with van der Waals surface area (Å²) in [5.74, 6) is -5.52. The number of carboxylic acids is 1. The minimum absolute atomic E-state index is 0.0474. The summed E-state index contributed by atoms with van der Waals surface area (Å²) in [5, 5.41) is 12.3. The molecular formula is C28H25NO9. The Hall–Kier alpha value is -4.99. The fourth-order valence-corrected chi connectivity index (χ4v) is 3.46. The molecule has 0 unspecified atom stereocenters. The molecule has 2 N–H and O–H groups in total. The molecule has 0 aliphatic carbocycles. The van der Waals surface area contributed by atoms with Crippen molar-refractivity contribution in [3.8, 4) is 0 Å². The lowest BCUT2D eigenvalue weighted by Crippen LogP contribution is -2.48. The van der Waals surface area contributed by atoms with E-state index in [1.807, 2.05) is 0 Å². The third-order valence-corrected chi connectivity index (χ3v) is 5.30. The Morgan fingerprint density at radius 3 is 1.63 bits per heavy atom. The van der Waals surface area contributed by atoms with Crippen molar-refractivity contribution < 1.29 is 43.3 Å². The van der Waals surface area contributed by atoms with Crippen LogP contribution in [0.2, 0.25) is 0 Å². The number of aliphatic carboxylic acids is 1. The van der Waals surface area contributed by atoms with Crippen LogP contribution in [0.1, 0.15) is 42.2 Å². The van der Waals surface area contributed by atoms with Gasteiger partial charge in [0.1, 0.15) is 0 Å². The minimum atomic E-state index is -2.19. The van der Waals surface area contributed by atoms with Gasteiger partial charge in [-0.15, -0.1) is 0 Å². The molecule has 3 aromatic rings. The van der Waals surface area contributed by atoms with Gasteiger partial charge in [0.2, 0.25) is 12.2 Å². The van der Waals surface area contributed by atoms with Crippen molar-refractivity contribution in [2.45, 2.75) is 26.1 Å². The highest BCUT2D eigenvalue weighted by molar-refractivity contribution is 6.02. The van der Waals surface area contributed by atoms with E-state index in [9.17, 15) is 29.1 Å². The number of ether oxygens (including phenoxy) is 3. The van der Waals surface area contributed by atoms with E-state index in [0.29, 0.717) is 0 Å². The van der Waals surface area contributed by atoms with Crippen LogP contribution >= 0.6 is 0 Å². The fraction of sp³-hybridized carbons (Fsp3) is 0.179. The van der Waals surface area contributed by atoms with Gasteiger partial charge in [-0.1, -0.05) is 41.5 Å². The van der Waals surface area contributed by atoms with E-state index in [-0.39, 0.29) is 22.4 Å². The number of hydrogen-bond acceptors (Lipinski definition) is 8. The molecule has 0 aromatic heterocycles. The summed E-state index contributed by atoms with van der Waals surface area (Å²) in [6, 6.07) is 18.1. The van der Waals surface area contributed by atoms with E-state index in [1.165, 1.54) is 55.6 Å². The van der Waals surface area contributed by atoms with Crippen molar-refractivity contribution >= 4 is 35.5 Å². The Balaban J connectivity index is 1.94. The highest BCUT2D eigenvalue weighted by Crippen LogP contribution is 2.18. The van der Waals surface area contributed by atoms with Crippen molar-refractivity contribution in [3.05, 3.63) is 101 Å². The normalized spacial score (nSPS) is 12.0. The Morgan fingerprint density at radius 2 is 1.16 bits per heavy atom. The molecule has 0 aliphatic heterocycles. The van der Waals surface area contributed by atoms with E-state index < -0.39 is 42.0 Å². The number of esters is 3. The van der Waals surface area contributed by atoms with Crippen LogP contribution in [0.15, 0.2) is 72.8 Å². The molecule has 1 amide bonds. The molecule has 0 fully saturated rings. The van der Waals surface area contributed by atoms with Crippen LogP contribution in [0, 0.1) is 13.8 Å². The van der Waals surface area contributed by atoms with Crippen molar-refractivity contribution in [3.63, 3.8) is 0 Å². The van der Waals surface area contributed by atoms with Crippen molar-refractivity contribution in [2.24, 2.45) is 0 Å². The highest BCUT2D eigenvalue weighted by atomic mass is 16.6. The number of carboxylic acid groups (broad SMARTS) is 1. The molecule has 10 nitrogen and oxygen atoms in total. The number of benzene rings is 3. The lowest BCUT2D eigenvalue weighted by molar-refractivity contribution is -0.157. The quantitative estimate of drug-likeness (QED) is 0.320. The molecule has 196 valence electrons. The molecule has 0 aliphatic rings. The summed E-state index contributed by atoms with van der Waals surface area (Å²) in [5.41, 5.74) is 1.75. The monoisotopic (exact) mass is 519 g/mol. The average Bonchev–Trinajstić information content (AvgIpc) is 2.89. The smallest absolute Gasteiger partial charge is 0.349 e. The number of anilines is 1. The van der Waals surface area contributed by atoms with Crippen LogP contribution in [0.3, 0.4) is 0 Å². The molecule has 3 rings (SSSR count). The average molecular weight is 520 g/mol. The maximum absolute atomic E-state index is 13.3. The van der Waals surface area contributed by atoms with Gasteiger partial charge in [-0.05, 0) is 56.3 Å².